The third-order valence-electron chi connectivity index (χ3n) is 2.48. The summed E-state index contributed by atoms with van der Waals surface area (Å²) in [4.78, 5) is 16.6. The first kappa shape index (κ1) is 11.8. The molecule has 0 unspecified atom stereocenters. The molecule has 1 aromatic heterocycles. The van der Waals surface area contributed by atoms with E-state index in [2.05, 4.69) is 10.3 Å². The average molecular weight is 246 g/mol. The van der Waals surface area contributed by atoms with Gasteiger partial charge in [-0.1, -0.05) is 17.7 Å². The minimum Gasteiger partial charge on any atom is -0.321 e. The van der Waals surface area contributed by atoms with E-state index in [-0.39, 0.29) is 5.91 Å². The number of rotatable bonds is 2. The molecule has 2 rings (SSSR count). The summed E-state index contributed by atoms with van der Waals surface area (Å²) < 4.78 is 0. The van der Waals surface area contributed by atoms with E-state index in [1.54, 1.807) is 6.20 Å². The molecule has 0 fully saturated rings. The van der Waals surface area contributed by atoms with Gasteiger partial charge in [-0.3, -0.25) is 4.79 Å². The predicted octanol–water partition coefficient (Wildman–Crippen LogP) is 3.32. The summed E-state index contributed by atoms with van der Waals surface area (Å²) in [5, 5.41) is 3.80. The van der Waals surface area contributed by atoms with Gasteiger partial charge >= 0.3 is 0 Å². The molecule has 3 nitrogen and oxygen atoms in total. The lowest BCUT2D eigenvalue weighted by atomic mass is 10.1. The summed E-state index contributed by atoms with van der Waals surface area (Å²) in [7, 11) is 0. The molecule has 1 N–H and O–H groups in total. The van der Waals surface area contributed by atoms with Gasteiger partial charge in [0.05, 0.1) is 11.2 Å². The second kappa shape index (κ2) is 4.67. The number of aryl methyl sites for hydroxylation is 3. The van der Waals surface area contributed by atoms with E-state index in [4.69, 9.17) is 0 Å². The van der Waals surface area contributed by atoms with Crippen LogP contribution in [0.1, 0.15) is 25.8 Å². The number of anilines is 1. The van der Waals surface area contributed by atoms with E-state index in [0.717, 1.165) is 16.3 Å². The van der Waals surface area contributed by atoms with Gasteiger partial charge in [-0.2, -0.15) is 0 Å². The van der Waals surface area contributed by atoms with E-state index in [1.807, 2.05) is 39.0 Å². The molecule has 0 spiro atoms. The van der Waals surface area contributed by atoms with E-state index >= 15 is 0 Å². The van der Waals surface area contributed by atoms with Crippen LogP contribution in [0.2, 0.25) is 0 Å². The van der Waals surface area contributed by atoms with E-state index in [9.17, 15) is 4.79 Å². The summed E-state index contributed by atoms with van der Waals surface area (Å²) in [6.45, 7) is 5.91. The van der Waals surface area contributed by atoms with Crippen molar-refractivity contribution in [1.29, 1.82) is 0 Å². The molecule has 1 amide bonds. The van der Waals surface area contributed by atoms with Crippen molar-refractivity contribution >= 4 is 22.9 Å². The lowest BCUT2D eigenvalue weighted by molar-refractivity contribution is 0.103. The number of benzene rings is 1. The highest BCUT2D eigenvalue weighted by Crippen LogP contribution is 2.18. The van der Waals surface area contributed by atoms with Crippen molar-refractivity contribution in [3.63, 3.8) is 0 Å². The zero-order chi connectivity index (χ0) is 12.4. The maximum atomic E-state index is 11.9. The SMILES string of the molecule is Cc1ccc(NC(=O)c2cnc(C)s2)c(C)c1. The summed E-state index contributed by atoms with van der Waals surface area (Å²) in [6.07, 6.45) is 1.61. The molecular formula is C13H14N2OS. The van der Waals surface area contributed by atoms with Crippen LogP contribution in [0.4, 0.5) is 5.69 Å². The summed E-state index contributed by atoms with van der Waals surface area (Å²) in [5.74, 6) is -0.0949. The minimum absolute atomic E-state index is 0.0949. The summed E-state index contributed by atoms with van der Waals surface area (Å²) in [5.41, 5.74) is 3.11. The van der Waals surface area contributed by atoms with Crippen molar-refractivity contribution in [2.24, 2.45) is 0 Å². The normalized spacial score (nSPS) is 10.3. The Balaban J connectivity index is 2.18. The number of carbonyl (C=O) groups excluding carboxylic acids is 1. The number of aromatic nitrogens is 1. The van der Waals surface area contributed by atoms with Crippen LogP contribution >= 0.6 is 11.3 Å². The van der Waals surface area contributed by atoms with Gasteiger partial charge in [-0.25, -0.2) is 4.98 Å². The lowest BCUT2D eigenvalue weighted by Crippen LogP contribution is -2.11. The Morgan fingerprint density at radius 3 is 2.65 bits per heavy atom. The minimum atomic E-state index is -0.0949. The molecule has 0 atom stereocenters. The van der Waals surface area contributed by atoms with Crippen LogP contribution < -0.4 is 5.32 Å². The van der Waals surface area contributed by atoms with Crippen molar-refractivity contribution < 1.29 is 4.79 Å². The fourth-order valence-electron chi connectivity index (χ4n) is 1.60. The first-order valence-electron chi connectivity index (χ1n) is 5.37. The third kappa shape index (κ3) is 2.71. The highest BCUT2D eigenvalue weighted by molar-refractivity contribution is 7.13. The standard InChI is InChI=1S/C13H14N2OS/c1-8-4-5-11(9(2)6-8)15-13(16)12-7-14-10(3)17-12/h4-7H,1-3H3,(H,15,16). The van der Waals surface area contributed by atoms with Gasteiger partial charge in [0, 0.05) is 5.69 Å². The van der Waals surface area contributed by atoms with Crippen molar-refractivity contribution in [2.45, 2.75) is 20.8 Å². The van der Waals surface area contributed by atoms with Gasteiger partial charge in [-0.15, -0.1) is 11.3 Å². The second-order valence-electron chi connectivity index (χ2n) is 4.02. The van der Waals surface area contributed by atoms with E-state index in [1.165, 1.54) is 16.9 Å². The number of thiazole rings is 1. The topological polar surface area (TPSA) is 42.0 Å². The number of nitrogens with zero attached hydrogens (tertiary/aromatic N) is 1. The fraction of sp³-hybridized carbons (Fsp3) is 0.231. The Morgan fingerprint density at radius 1 is 1.29 bits per heavy atom. The molecule has 0 saturated carbocycles. The zero-order valence-electron chi connectivity index (χ0n) is 10.1. The Morgan fingerprint density at radius 2 is 2.06 bits per heavy atom. The number of nitrogens with one attached hydrogen (secondary N) is 1. The first-order valence-corrected chi connectivity index (χ1v) is 6.19. The summed E-state index contributed by atoms with van der Waals surface area (Å²) >= 11 is 1.40. The highest BCUT2D eigenvalue weighted by Gasteiger charge is 2.10. The van der Waals surface area contributed by atoms with Crippen LogP contribution in [0, 0.1) is 20.8 Å². The van der Waals surface area contributed by atoms with Gasteiger partial charge < -0.3 is 5.32 Å². The molecule has 0 saturated heterocycles. The van der Waals surface area contributed by atoms with Crippen molar-refractivity contribution in [1.82, 2.24) is 4.98 Å². The molecule has 88 valence electrons. The largest absolute Gasteiger partial charge is 0.321 e. The van der Waals surface area contributed by atoms with Crippen LogP contribution in [0.25, 0.3) is 0 Å². The van der Waals surface area contributed by atoms with Gasteiger partial charge in [0.1, 0.15) is 4.88 Å². The zero-order valence-corrected chi connectivity index (χ0v) is 10.9. The van der Waals surface area contributed by atoms with Gasteiger partial charge in [0.25, 0.3) is 5.91 Å². The quantitative estimate of drug-likeness (QED) is 0.883. The number of carbonyl (C=O) groups is 1. The molecular weight excluding hydrogens is 232 g/mol. The Kier molecular flexibility index (Phi) is 3.24. The number of amides is 1. The van der Waals surface area contributed by atoms with Gasteiger partial charge in [0.15, 0.2) is 0 Å². The first-order chi connectivity index (χ1) is 8.06. The third-order valence-corrected chi connectivity index (χ3v) is 3.39. The van der Waals surface area contributed by atoms with Crippen molar-refractivity contribution in [3.8, 4) is 0 Å². The van der Waals surface area contributed by atoms with Crippen LogP contribution in [0.5, 0.6) is 0 Å². The van der Waals surface area contributed by atoms with Gasteiger partial charge in [-0.05, 0) is 32.4 Å². The molecule has 0 aliphatic carbocycles. The van der Waals surface area contributed by atoms with Crippen LogP contribution in [-0.2, 0) is 0 Å². The molecule has 4 heteroatoms. The maximum Gasteiger partial charge on any atom is 0.267 e. The van der Waals surface area contributed by atoms with Gasteiger partial charge in [0.2, 0.25) is 0 Å². The fourth-order valence-corrected chi connectivity index (χ4v) is 2.28. The Labute approximate surface area is 105 Å². The van der Waals surface area contributed by atoms with Crippen LogP contribution in [0.3, 0.4) is 0 Å². The predicted molar refractivity (Wildman–Crippen MR) is 70.7 cm³/mol. The number of hydrogen-bond acceptors (Lipinski definition) is 3. The van der Waals surface area contributed by atoms with E-state index in [0.29, 0.717) is 4.88 Å². The molecule has 0 aliphatic rings. The lowest BCUT2D eigenvalue weighted by Gasteiger charge is -2.07. The Bertz CT molecular complexity index is 560. The summed E-state index contributed by atoms with van der Waals surface area (Å²) in [6, 6.07) is 5.96. The smallest absolute Gasteiger partial charge is 0.267 e. The molecule has 1 aromatic carbocycles. The molecule has 0 aliphatic heterocycles. The molecule has 0 bridgehead atoms. The molecule has 17 heavy (non-hydrogen) atoms. The van der Waals surface area contributed by atoms with Crippen molar-refractivity contribution in [3.05, 3.63) is 45.4 Å². The molecule has 0 radical (unpaired) electrons. The average Bonchev–Trinajstić information content (AvgIpc) is 2.69. The highest BCUT2D eigenvalue weighted by atomic mass is 32.1. The van der Waals surface area contributed by atoms with Crippen LogP contribution in [0.15, 0.2) is 24.4 Å². The van der Waals surface area contributed by atoms with Crippen molar-refractivity contribution in [2.75, 3.05) is 5.32 Å². The second-order valence-corrected chi connectivity index (χ2v) is 5.25. The molecule has 2 aromatic rings. The maximum absolute atomic E-state index is 11.9. The Hall–Kier alpha value is -1.68. The van der Waals surface area contributed by atoms with E-state index < -0.39 is 0 Å². The van der Waals surface area contributed by atoms with Crippen LogP contribution in [-0.4, -0.2) is 10.9 Å². The number of hydrogen-bond donors (Lipinski definition) is 1. The molecule has 1 heterocycles. The monoisotopic (exact) mass is 246 g/mol.